The Morgan fingerprint density at radius 3 is 2.78 bits per heavy atom. The Hall–Kier alpha value is -1.75. The van der Waals surface area contributed by atoms with Crippen LogP contribution < -0.4 is 15.8 Å². The first-order chi connectivity index (χ1) is 8.49. The predicted molar refractivity (Wildman–Crippen MR) is 73.8 cm³/mol. The molecule has 1 amide bonds. The van der Waals surface area contributed by atoms with Crippen LogP contribution in [0.3, 0.4) is 0 Å². The molecule has 18 heavy (non-hydrogen) atoms. The van der Waals surface area contributed by atoms with Crippen molar-refractivity contribution in [1.82, 2.24) is 4.90 Å². The topological polar surface area (TPSA) is 67.6 Å². The lowest BCUT2D eigenvalue weighted by atomic mass is 10.2. The molecule has 0 radical (unpaired) electrons. The summed E-state index contributed by atoms with van der Waals surface area (Å²) in [6.07, 6.45) is 0.927. The molecule has 1 aromatic rings. The minimum Gasteiger partial charge on any atom is -0.491 e. The molecule has 0 saturated carbocycles. The Kier molecular flexibility index (Phi) is 5.45. The Morgan fingerprint density at radius 2 is 2.17 bits per heavy atom. The van der Waals surface area contributed by atoms with E-state index in [2.05, 4.69) is 10.2 Å². The van der Waals surface area contributed by atoms with Crippen LogP contribution >= 0.6 is 0 Å². The first kappa shape index (κ1) is 14.3. The zero-order valence-electron chi connectivity index (χ0n) is 11.2. The van der Waals surface area contributed by atoms with Gasteiger partial charge in [0.05, 0.1) is 12.3 Å². The van der Waals surface area contributed by atoms with Crippen LogP contribution in [0.4, 0.5) is 11.4 Å². The predicted octanol–water partition coefficient (Wildman–Crippen LogP) is 1.56. The van der Waals surface area contributed by atoms with Crippen molar-refractivity contribution < 1.29 is 9.53 Å². The number of ether oxygens (including phenoxy) is 1. The van der Waals surface area contributed by atoms with Gasteiger partial charge >= 0.3 is 0 Å². The van der Waals surface area contributed by atoms with E-state index >= 15 is 0 Å². The summed E-state index contributed by atoms with van der Waals surface area (Å²) >= 11 is 0. The molecule has 0 saturated heterocycles. The van der Waals surface area contributed by atoms with Crippen LogP contribution in [0.2, 0.25) is 0 Å². The van der Waals surface area contributed by atoms with Gasteiger partial charge in [-0.15, -0.1) is 0 Å². The summed E-state index contributed by atoms with van der Waals surface area (Å²) in [6, 6.07) is 5.23. The first-order valence-electron chi connectivity index (χ1n) is 5.93. The molecular weight excluding hydrogens is 230 g/mol. The van der Waals surface area contributed by atoms with Gasteiger partial charge in [0.15, 0.2) is 0 Å². The smallest absolute Gasteiger partial charge is 0.221 e. The number of nitrogens with one attached hydrogen (secondary N) is 1. The third-order valence-corrected chi connectivity index (χ3v) is 2.32. The summed E-state index contributed by atoms with van der Waals surface area (Å²) in [4.78, 5) is 13.2. The van der Waals surface area contributed by atoms with Crippen LogP contribution in [0.25, 0.3) is 0 Å². The fourth-order valence-corrected chi connectivity index (χ4v) is 1.52. The fourth-order valence-electron chi connectivity index (χ4n) is 1.52. The van der Waals surface area contributed by atoms with Crippen LogP contribution in [0, 0.1) is 0 Å². The first-order valence-corrected chi connectivity index (χ1v) is 5.93. The molecule has 0 spiro atoms. The lowest BCUT2D eigenvalue weighted by molar-refractivity contribution is -0.114. The molecule has 0 unspecified atom stereocenters. The van der Waals surface area contributed by atoms with E-state index in [0.29, 0.717) is 23.7 Å². The van der Waals surface area contributed by atoms with Gasteiger partial charge in [-0.25, -0.2) is 0 Å². The maximum atomic E-state index is 11.1. The molecule has 1 rings (SSSR count). The van der Waals surface area contributed by atoms with Crippen LogP contribution in [0.15, 0.2) is 18.2 Å². The minimum atomic E-state index is -0.140. The van der Waals surface area contributed by atoms with Gasteiger partial charge in [-0.2, -0.15) is 0 Å². The zero-order chi connectivity index (χ0) is 13.5. The lowest BCUT2D eigenvalue weighted by Crippen LogP contribution is -2.16. The summed E-state index contributed by atoms with van der Waals surface area (Å²) in [7, 11) is 4.04. The number of anilines is 2. The average molecular weight is 251 g/mol. The van der Waals surface area contributed by atoms with Gasteiger partial charge in [-0.3, -0.25) is 4.79 Å². The molecule has 0 bridgehead atoms. The molecule has 3 N–H and O–H groups in total. The van der Waals surface area contributed by atoms with Gasteiger partial charge < -0.3 is 20.7 Å². The lowest BCUT2D eigenvalue weighted by Gasteiger charge is -2.14. The number of nitrogens with zero attached hydrogens (tertiary/aromatic N) is 1. The van der Waals surface area contributed by atoms with E-state index in [9.17, 15) is 4.79 Å². The van der Waals surface area contributed by atoms with Crippen molar-refractivity contribution in [2.75, 3.05) is 38.3 Å². The molecule has 0 aromatic heterocycles. The van der Waals surface area contributed by atoms with Crippen LogP contribution in [-0.2, 0) is 4.79 Å². The standard InChI is InChI=1S/C13H21N3O2/c1-10(17)15-12-9-11(14)5-6-13(12)18-8-4-7-16(2)3/h5-6,9H,4,7-8,14H2,1-3H3,(H,15,17). The SMILES string of the molecule is CC(=O)Nc1cc(N)ccc1OCCCN(C)C. The Balaban J connectivity index is 2.60. The Bertz CT molecular complexity index is 405. The largest absolute Gasteiger partial charge is 0.491 e. The maximum Gasteiger partial charge on any atom is 0.221 e. The molecule has 0 aliphatic heterocycles. The van der Waals surface area contributed by atoms with Crippen molar-refractivity contribution in [2.45, 2.75) is 13.3 Å². The van der Waals surface area contributed by atoms with Gasteiger partial charge in [0.25, 0.3) is 0 Å². The van der Waals surface area contributed by atoms with E-state index in [-0.39, 0.29) is 5.91 Å². The zero-order valence-corrected chi connectivity index (χ0v) is 11.2. The second kappa shape index (κ2) is 6.86. The maximum absolute atomic E-state index is 11.1. The number of amides is 1. The summed E-state index contributed by atoms with van der Waals surface area (Å²) in [5, 5.41) is 2.71. The molecule has 0 aliphatic carbocycles. The van der Waals surface area contributed by atoms with Crippen molar-refractivity contribution in [1.29, 1.82) is 0 Å². The van der Waals surface area contributed by atoms with Crippen LogP contribution in [0.5, 0.6) is 5.75 Å². The fraction of sp³-hybridized carbons (Fsp3) is 0.462. The van der Waals surface area contributed by atoms with Gasteiger partial charge in [-0.05, 0) is 38.7 Å². The third-order valence-electron chi connectivity index (χ3n) is 2.32. The number of hydrogen-bond donors (Lipinski definition) is 2. The molecule has 0 aliphatic rings. The second-order valence-electron chi connectivity index (χ2n) is 4.44. The number of carbonyl (C=O) groups excluding carboxylic acids is 1. The summed E-state index contributed by atoms with van der Waals surface area (Å²) in [5.41, 5.74) is 6.90. The van der Waals surface area contributed by atoms with Crippen molar-refractivity contribution in [3.8, 4) is 5.75 Å². The Morgan fingerprint density at radius 1 is 1.44 bits per heavy atom. The van der Waals surface area contributed by atoms with Crippen molar-refractivity contribution in [3.05, 3.63) is 18.2 Å². The minimum absolute atomic E-state index is 0.140. The van der Waals surface area contributed by atoms with Gasteiger partial charge in [0.2, 0.25) is 5.91 Å². The number of hydrogen-bond acceptors (Lipinski definition) is 4. The van der Waals surface area contributed by atoms with E-state index in [0.717, 1.165) is 13.0 Å². The van der Waals surface area contributed by atoms with Crippen molar-refractivity contribution in [3.63, 3.8) is 0 Å². The number of carbonyl (C=O) groups is 1. The highest BCUT2D eigenvalue weighted by Crippen LogP contribution is 2.26. The van der Waals surface area contributed by atoms with E-state index in [1.165, 1.54) is 6.92 Å². The highest BCUT2D eigenvalue weighted by molar-refractivity contribution is 5.91. The Labute approximate surface area is 108 Å². The monoisotopic (exact) mass is 251 g/mol. The molecule has 0 atom stereocenters. The van der Waals surface area contributed by atoms with E-state index in [4.69, 9.17) is 10.5 Å². The van der Waals surface area contributed by atoms with Gasteiger partial charge in [0.1, 0.15) is 5.75 Å². The van der Waals surface area contributed by atoms with Crippen molar-refractivity contribution in [2.24, 2.45) is 0 Å². The molecular formula is C13H21N3O2. The van der Waals surface area contributed by atoms with Gasteiger partial charge in [0, 0.05) is 19.2 Å². The van der Waals surface area contributed by atoms with E-state index < -0.39 is 0 Å². The van der Waals surface area contributed by atoms with Gasteiger partial charge in [-0.1, -0.05) is 0 Å². The number of nitrogen functional groups attached to an aromatic ring is 1. The highest BCUT2D eigenvalue weighted by Gasteiger charge is 2.06. The molecule has 5 nitrogen and oxygen atoms in total. The second-order valence-corrected chi connectivity index (χ2v) is 4.44. The van der Waals surface area contributed by atoms with Crippen LogP contribution in [-0.4, -0.2) is 38.1 Å². The summed E-state index contributed by atoms with van der Waals surface area (Å²) in [6.45, 7) is 3.03. The van der Waals surface area contributed by atoms with E-state index in [1.807, 2.05) is 14.1 Å². The molecule has 0 fully saturated rings. The third kappa shape index (κ3) is 5.05. The molecule has 0 heterocycles. The summed E-state index contributed by atoms with van der Waals surface area (Å²) < 4.78 is 5.65. The van der Waals surface area contributed by atoms with E-state index in [1.54, 1.807) is 18.2 Å². The quantitative estimate of drug-likeness (QED) is 0.594. The summed E-state index contributed by atoms with van der Waals surface area (Å²) in [5.74, 6) is 0.511. The van der Waals surface area contributed by atoms with Crippen molar-refractivity contribution >= 4 is 17.3 Å². The highest BCUT2D eigenvalue weighted by atomic mass is 16.5. The van der Waals surface area contributed by atoms with Crippen LogP contribution in [0.1, 0.15) is 13.3 Å². The average Bonchev–Trinajstić information content (AvgIpc) is 2.25. The molecule has 5 heteroatoms. The normalized spacial score (nSPS) is 10.4. The number of benzene rings is 1. The molecule has 100 valence electrons. The number of rotatable bonds is 6. The molecule has 1 aromatic carbocycles. The number of nitrogens with two attached hydrogens (primary N) is 1.